The Kier molecular flexibility index (Phi) is 6.04. The van der Waals surface area contributed by atoms with Gasteiger partial charge in [0.05, 0.1) is 0 Å². The van der Waals surface area contributed by atoms with Crippen LogP contribution in [-0.2, 0) is 14.3 Å². The smallest absolute Gasteiger partial charge is 0.328 e. The third kappa shape index (κ3) is 4.05. The fourth-order valence-electron chi connectivity index (χ4n) is 5.18. The summed E-state index contributed by atoms with van der Waals surface area (Å²) in [6.45, 7) is 12.4. The molecular formula is C22H34O4. The van der Waals surface area contributed by atoms with Crippen LogP contribution in [0, 0.1) is 22.7 Å². The Bertz CT molecular complexity index is 628. The van der Waals surface area contributed by atoms with E-state index in [-0.39, 0.29) is 22.9 Å². The molecule has 0 aromatic rings. The van der Waals surface area contributed by atoms with Crippen molar-refractivity contribution >= 4 is 11.9 Å². The molecule has 0 amide bonds. The molecule has 0 bridgehead atoms. The van der Waals surface area contributed by atoms with E-state index in [1.165, 1.54) is 31.4 Å². The van der Waals surface area contributed by atoms with Crippen molar-refractivity contribution in [2.75, 3.05) is 0 Å². The Morgan fingerprint density at radius 3 is 2.58 bits per heavy atom. The molecular weight excluding hydrogens is 328 g/mol. The lowest BCUT2D eigenvalue weighted by Gasteiger charge is -2.55. The number of carbonyl (C=O) groups is 2. The quantitative estimate of drug-likeness (QED) is 0.418. The van der Waals surface area contributed by atoms with Gasteiger partial charge in [0.1, 0.15) is 6.10 Å². The zero-order valence-corrected chi connectivity index (χ0v) is 17.1. The molecule has 0 unspecified atom stereocenters. The number of hydrogen-bond donors (Lipinski definition) is 1. The van der Waals surface area contributed by atoms with Crippen LogP contribution >= 0.6 is 0 Å². The molecule has 4 atom stereocenters. The van der Waals surface area contributed by atoms with E-state index in [1.807, 2.05) is 6.92 Å². The van der Waals surface area contributed by atoms with Gasteiger partial charge in [-0.15, -0.1) is 0 Å². The molecule has 1 saturated carbocycles. The molecule has 1 N–H and O–H groups in total. The standard InChI is InChI=1S/C22H34O4/c1-14(13-20(24)25)12-19(26-16(3)23)22(6)15(2)9-10-17-18(22)8-7-11-21(17,4)5/h10,13,15,18-19H,7-9,11-12H2,1-6H3,(H,24,25)/t15-,18+,19+,22+/m1/s1. The normalized spacial score (nSPS) is 32.2. The molecule has 4 heteroatoms. The van der Waals surface area contributed by atoms with Crippen molar-refractivity contribution in [3.8, 4) is 0 Å². The molecule has 1 fully saturated rings. The number of hydrogen-bond acceptors (Lipinski definition) is 3. The molecule has 2 aliphatic carbocycles. The maximum Gasteiger partial charge on any atom is 0.328 e. The topological polar surface area (TPSA) is 63.6 Å². The summed E-state index contributed by atoms with van der Waals surface area (Å²) in [6, 6.07) is 0. The predicted octanol–water partition coefficient (Wildman–Crippen LogP) is 5.14. The van der Waals surface area contributed by atoms with Crippen LogP contribution < -0.4 is 0 Å². The van der Waals surface area contributed by atoms with Gasteiger partial charge in [-0.05, 0) is 43.4 Å². The molecule has 0 heterocycles. The van der Waals surface area contributed by atoms with Gasteiger partial charge >= 0.3 is 11.9 Å². The third-order valence-electron chi connectivity index (χ3n) is 6.83. The average molecular weight is 363 g/mol. The third-order valence-corrected chi connectivity index (χ3v) is 6.83. The largest absolute Gasteiger partial charge is 0.478 e. The maximum absolute atomic E-state index is 11.9. The summed E-state index contributed by atoms with van der Waals surface area (Å²) in [7, 11) is 0. The summed E-state index contributed by atoms with van der Waals surface area (Å²) in [5.41, 5.74) is 2.22. The second-order valence-electron chi connectivity index (χ2n) is 9.12. The number of carboxylic acids is 1. The van der Waals surface area contributed by atoms with Crippen molar-refractivity contribution in [1.29, 1.82) is 0 Å². The summed E-state index contributed by atoms with van der Waals surface area (Å²) in [6.07, 6.45) is 8.26. The summed E-state index contributed by atoms with van der Waals surface area (Å²) >= 11 is 0. The van der Waals surface area contributed by atoms with Crippen molar-refractivity contribution in [3.05, 3.63) is 23.3 Å². The molecule has 0 saturated heterocycles. The molecule has 26 heavy (non-hydrogen) atoms. The van der Waals surface area contributed by atoms with Crippen molar-refractivity contribution < 1.29 is 19.4 Å². The van der Waals surface area contributed by atoms with E-state index in [9.17, 15) is 9.59 Å². The Morgan fingerprint density at radius 1 is 1.35 bits per heavy atom. The van der Waals surface area contributed by atoms with Crippen LogP contribution in [0.15, 0.2) is 23.3 Å². The maximum atomic E-state index is 11.9. The molecule has 2 aliphatic rings. The minimum Gasteiger partial charge on any atom is -0.478 e. The molecule has 0 aromatic heterocycles. The van der Waals surface area contributed by atoms with E-state index in [0.29, 0.717) is 18.3 Å². The number of fused-ring (bicyclic) bond motifs is 1. The van der Waals surface area contributed by atoms with Gasteiger partial charge in [-0.1, -0.05) is 51.3 Å². The van der Waals surface area contributed by atoms with E-state index in [2.05, 4.69) is 33.8 Å². The Morgan fingerprint density at radius 2 is 2.00 bits per heavy atom. The van der Waals surface area contributed by atoms with Gasteiger partial charge < -0.3 is 9.84 Å². The highest BCUT2D eigenvalue weighted by atomic mass is 16.5. The summed E-state index contributed by atoms with van der Waals surface area (Å²) in [5.74, 6) is -0.507. The Balaban J connectivity index is 2.44. The van der Waals surface area contributed by atoms with Crippen molar-refractivity contribution in [2.45, 2.75) is 79.8 Å². The van der Waals surface area contributed by atoms with Crippen LogP contribution in [0.2, 0.25) is 0 Å². The second kappa shape index (κ2) is 7.58. The number of rotatable bonds is 5. The fraction of sp³-hybridized carbons (Fsp3) is 0.727. The lowest BCUT2D eigenvalue weighted by Crippen LogP contribution is -2.51. The van der Waals surface area contributed by atoms with Crippen LogP contribution in [0.25, 0.3) is 0 Å². The molecule has 146 valence electrons. The average Bonchev–Trinajstić information content (AvgIpc) is 2.49. The van der Waals surface area contributed by atoms with E-state index in [4.69, 9.17) is 9.84 Å². The number of esters is 1. The second-order valence-corrected chi connectivity index (χ2v) is 9.12. The minimum atomic E-state index is -0.953. The van der Waals surface area contributed by atoms with Crippen molar-refractivity contribution in [3.63, 3.8) is 0 Å². The van der Waals surface area contributed by atoms with Gasteiger partial charge in [0.2, 0.25) is 0 Å². The molecule has 2 rings (SSSR count). The number of carbonyl (C=O) groups excluding carboxylic acids is 1. The summed E-state index contributed by atoms with van der Waals surface area (Å²) < 4.78 is 5.83. The minimum absolute atomic E-state index is 0.178. The molecule has 0 aliphatic heterocycles. The van der Waals surface area contributed by atoms with E-state index in [0.717, 1.165) is 18.4 Å². The molecule has 0 aromatic carbocycles. The number of aliphatic carboxylic acids is 1. The SMILES string of the molecule is CC(=O)O[C@@H](CC(C)=CC(=O)O)[C@@]1(C)[C@H](C)CC=C2[C@@H]1CCCC2(C)C. The van der Waals surface area contributed by atoms with Gasteiger partial charge in [0.15, 0.2) is 0 Å². The number of carboxylic acid groups (broad SMARTS) is 1. The first-order valence-electron chi connectivity index (χ1n) is 9.76. The van der Waals surface area contributed by atoms with Gasteiger partial charge in [-0.25, -0.2) is 4.79 Å². The Labute approximate surface area is 157 Å². The fourth-order valence-corrected chi connectivity index (χ4v) is 5.18. The van der Waals surface area contributed by atoms with Crippen molar-refractivity contribution in [2.24, 2.45) is 22.7 Å². The van der Waals surface area contributed by atoms with Gasteiger partial charge in [0, 0.05) is 24.8 Å². The first kappa shape index (κ1) is 20.7. The summed E-state index contributed by atoms with van der Waals surface area (Å²) in [5, 5.41) is 9.07. The number of allylic oxidation sites excluding steroid dienone is 2. The van der Waals surface area contributed by atoms with E-state index in [1.54, 1.807) is 0 Å². The van der Waals surface area contributed by atoms with Crippen LogP contribution in [0.4, 0.5) is 0 Å². The summed E-state index contributed by atoms with van der Waals surface area (Å²) in [4.78, 5) is 22.9. The Hall–Kier alpha value is -1.58. The van der Waals surface area contributed by atoms with Crippen LogP contribution in [0.1, 0.15) is 73.6 Å². The van der Waals surface area contributed by atoms with Gasteiger partial charge in [-0.3, -0.25) is 4.79 Å². The highest BCUT2D eigenvalue weighted by Gasteiger charge is 2.53. The van der Waals surface area contributed by atoms with Crippen LogP contribution in [-0.4, -0.2) is 23.1 Å². The first-order valence-corrected chi connectivity index (χ1v) is 9.76. The lowest BCUT2D eigenvalue weighted by atomic mass is 9.51. The van der Waals surface area contributed by atoms with Crippen molar-refractivity contribution in [1.82, 2.24) is 0 Å². The van der Waals surface area contributed by atoms with E-state index >= 15 is 0 Å². The van der Waals surface area contributed by atoms with Gasteiger partial charge in [-0.2, -0.15) is 0 Å². The van der Waals surface area contributed by atoms with E-state index < -0.39 is 5.97 Å². The highest BCUT2D eigenvalue weighted by molar-refractivity contribution is 5.80. The van der Waals surface area contributed by atoms with Crippen LogP contribution in [0.3, 0.4) is 0 Å². The molecule has 4 nitrogen and oxygen atoms in total. The first-order chi connectivity index (χ1) is 12.0. The van der Waals surface area contributed by atoms with Gasteiger partial charge in [0.25, 0.3) is 0 Å². The molecule has 0 radical (unpaired) electrons. The highest BCUT2D eigenvalue weighted by Crippen LogP contribution is 2.58. The molecule has 0 spiro atoms. The lowest BCUT2D eigenvalue weighted by molar-refractivity contribution is -0.160. The zero-order chi connectivity index (χ0) is 19.7. The zero-order valence-electron chi connectivity index (χ0n) is 17.1. The predicted molar refractivity (Wildman–Crippen MR) is 103 cm³/mol. The van der Waals surface area contributed by atoms with Crippen LogP contribution in [0.5, 0.6) is 0 Å². The number of ether oxygens (including phenoxy) is 1. The monoisotopic (exact) mass is 362 g/mol.